The molecular weight excluding hydrogens is 400 g/mol. The molecule has 0 amide bonds. The first kappa shape index (κ1) is 19.7. The molecule has 0 saturated carbocycles. The van der Waals surface area contributed by atoms with Gasteiger partial charge in [0.25, 0.3) is 5.92 Å². The summed E-state index contributed by atoms with van der Waals surface area (Å²) in [4.78, 5) is 22.4. The van der Waals surface area contributed by atoms with Crippen molar-refractivity contribution >= 4 is 27.8 Å². The second kappa shape index (κ2) is 7.49. The molecule has 1 aliphatic rings. The quantitative estimate of drug-likeness (QED) is 0.490. The fourth-order valence-electron chi connectivity index (χ4n) is 4.19. The summed E-state index contributed by atoms with van der Waals surface area (Å²) in [5, 5.41) is 5.59. The third-order valence-electron chi connectivity index (χ3n) is 5.76. The molecule has 5 rings (SSSR count). The molecule has 1 aromatic carbocycles. The number of hydrogen-bond donors (Lipinski definition) is 2. The van der Waals surface area contributed by atoms with Crippen molar-refractivity contribution in [3.8, 4) is 0 Å². The number of likely N-dealkylation sites (tertiary alicyclic amines) is 1. The summed E-state index contributed by atoms with van der Waals surface area (Å²) in [7, 11) is 0. The second-order valence-corrected chi connectivity index (χ2v) is 8.17. The number of fused-ring (bicyclic) bond motifs is 2. The van der Waals surface area contributed by atoms with E-state index < -0.39 is 5.92 Å². The molecule has 160 valence electrons. The topological polar surface area (TPSA) is 82.6 Å². The Balaban J connectivity index is 1.45. The molecule has 0 bridgehead atoms. The summed E-state index contributed by atoms with van der Waals surface area (Å²) >= 11 is 0. The van der Waals surface area contributed by atoms with E-state index in [9.17, 15) is 8.78 Å². The Morgan fingerprint density at radius 3 is 2.87 bits per heavy atom. The first-order valence-corrected chi connectivity index (χ1v) is 10.3. The number of H-pyrrole nitrogens is 1. The van der Waals surface area contributed by atoms with E-state index in [1.165, 1.54) is 6.33 Å². The van der Waals surface area contributed by atoms with E-state index in [2.05, 4.69) is 50.4 Å². The van der Waals surface area contributed by atoms with Crippen molar-refractivity contribution in [1.29, 1.82) is 0 Å². The predicted molar refractivity (Wildman–Crippen MR) is 115 cm³/mol. The van der Waals surface area contributed by atoms with Crippen molar-refractivity contribution in [2.24, 2.45) is 0 Å². The monoisotopic (exact) mass is 423 g/mol. The van der Waals surface area contributed by atoms with E-state index in [-0.39, 0.29) is 19.1 Å². The first-order chi connectivity index (χ1) is 14.9. The predicted octanol–water partition coefficient (Wildman–Crippen LogP) is 3.88. The van der Waals surface area contributed by atoms with Crippen LogP contribution in [0.15, 0.2) is 36.9 Å². The minimum absolute atomic E-state index is 0.126. The van der Waals surface area contributed by atoms with E-state index >= 15 is 0 Å². The maximum absolute atomic E-state index is 13.2. The van der Waals surface area contributed by atoms with Gasteiger partial charge in [-0.05, 0) is 30.9 Å². The van der Waals surface area contributed by atoms with Gasteiger partial charge in [0.05, 0.1) is 36.8 Å². The van der Waals surface area contributed by atoms with Gasteiger partial charge < -0.3 is 10.3 Å². The second-order valence-electron chi connectivity index (χ2n) is 8.17. The Hall–Kier alpha value is -3.20. The Morgan fingerprint density at radius 2 is 2.06 bits per heavy atom. The van der Waals surface area contributed by atoms with Crippen LogP contribution in [0, 0.1) is 6.92 Å². The molecule has 2 N–H and O–H groups in total. The van der Waals surface area contributed by atoms with Gasteiger partial charge >= 0.3 is 0 Å². The third-order valence-corrected chi connectivity index (χ3v) is 5.76. The van der Waals surface area contributed by atoms with Crippen LogP contribution in [0.4, 0.5) is 14.6 Å². The molecule has 0 unspecified atom stereocenters. The molecule has 31 heavy (non-hydrogen) atoms. The van der Waals surface area contributed by atoms with Gasteiger partial charge in [0, 0.05) is 18.4 Å². The van der Waals surface area contributed by atoms with Crippen LogP contribution in [0.2, 0.25) is 0 Å². The van der Waals surface area contributed by atoms with E-state index in [0.29, 0.717) is 24.4 Å². The zero-order valence-electron chi connectivity index (χ0n) is 17.4. The molecule has 4 heterocycles. The lowest BCUT2D eigenvalue weighted by Crippen LogP contribution is -2.56. The van der Waals surface area contributed by atoms with Crippen LogP contribution >= 0.6 is 0 Å². The Bertz CT molecular complexity index is 1250. The van der Waals surface area contributed by atoms with E-state index in [1.807, 2.05) is 13.0 Å². The summed E-state index contributed by atoms with van der Waals surface area (Å²) in [6.45, 7) is 4.30. The number of anilines is 1. The van der Waals surface area contributed by atoms with Crippen molar-refractivity contribution in [2.75, 3.05) is 25.0 Å². The minimum Gasteiger partial charge on any atom is -0.360 e. The Labute approximate surface area is 177 Å². The normalized spacial score (nSPS) is 17.0. The van der Waals surface area contributed by atoms with Gasteiger partial charge in [0.1, 0.15) is 11.8 Å². The summed E-state index contributed by atoms with van der Waals surface area (Å²) < 4.78 is 26.4. The van der Waals surface area contributed by atoms with Gasteiger partial charge in [-0.3, -0.25) is 9.88 Å². The zero-order chi connectivity index (χ0) is 21.6. The van der Waals surface area contributed by atoms with Gasteiger partial charge in [0.2, 0.25) is 0 Å². The molecule has 0 radical (unpaired) electrons. The van der Waals surface area contributed by atoms with E-state index in [0.717, 1.165) is 33.2 Å². The van der Waals surface area contributed by atoms with Crippen molar-refractivity contribution in [3.63, 3.8) is 0 Å². The van der Waals surface area contributed by atoms with Gasteiger partial charge in [-0.25, -0.2) is 23.7 Å². The summed E-state index contributed by atoms with van der Waals surface area (Å²) in [6.07, 6.45) is 3.68. The number of benzene rings is 1. The molecule has 0 spiro atoms. The minimum atomic E-state index is -2.55. The molecule has 0 aliphatic carbocycles. The Morgan fingerprint density at radius 1 is 1.23 bits per heavy atom. The number of imidazole rings is 1. The van der Waals surface area contributed by atoms with Crippen LogP contribution in [-0.4, -0.2) is 55.4 Å². The molecule has 1 fully saturated rings. The lowest BCUT2D eigenvalue weighted by molar-refractivity contribution is -0.129. The van der Waals surface area contributed by atoms with Crippen molar-refractivity contribution in [2.45, 2.75) is 32.2 Å². The number of alkyl halides is 2. The number of nitrogens with one attached hydrogen (secondary N) is 2. The highest BCUT2D eigenvalue weighted by Crippen LogP contribution is 2.30. The standard InChI is InChI=1S/C22H23F2N7/c1-13-4-3-5-15-8-17(14(2)29-21-19-20(26-11-25-19)27-12-28-21)30-16(18(13)15)6-7-31-9-22(23,24)10-31/h3-5,8,11-12,14H,6-7,9-10H2,1-2H3,(H2,25,26,27,28,29)/t14-/m0/s1. The van der Waals surface area contributed by atoms with Gasteiger partial charge in [-0.15, -0.1) is 0 Å². The van der Waals surface area contributed by atoms with Gasteiger partial charge in [-0.2, -0.15) is 0 Å². The maximum atomic E-state index is 13.2. The fourth-order valence-corrected chi connectivity index (χ4v) is 4.19. The third kappa shape index (κ3) is 3.81. The lowest BCUT2D eigenvalue weighted by Gasteiger charge is -2.38. The number of aromatic amines is 1. The Kier molecular flexibility index (Phi) is 4.77. The summed E-state index contributed by atoms with van der Waals surface area (Å²) in [5.41, 5.74) is 4.27. The lowest BCUT2D eigenvalue weighted by atomic mass is 9.99. The molecule has 1 aliphatic heterocycles. The number of pyridine rings is 1. The smallest absolute Gasteiger partial charge is 0.272 e. The number of rotatable bonds is 6. The summed E-state index contributed by atoms with van der Waals surface area (Å²) in [6, 6.07) is 8.10. The number of aryl methyl sites for hydroxylation is 1. The van der Waals surface area contributed by atoms with Crippen LogP contribution in [0.1, 0.15) is 29.9 Å². The van der Waals surface area contributed by atoms with Crippen LogP contribution in [0.3, 0.4) is 0 Å². The maximum Gasteiger partial charge on any atom is 0.272 e. The molecule has 9 heteroatoms. The van der Waals surface area contributed by atoms with Crippen LogP contribution < -0.4 is 5.32 Å². The zero-order valence-corrected chi connectivity index (χ0v) is 17.4. The molecular formula is C22H23F2N7. The number of aromatic nitrogens is 5. The highest BCUT2D eigenvalue weighted by Gasteiger charge is 2.43. The molecule has 1 saturated heterocycles. The SMILES string of the molecule is Cc1cccc2cc([C@H](C)Nc3ncnc4nc[nH]c34)nc(CCN3CC(F)(F)C3)c12. The van der Waals surface area contributed by atoms with Crippen molar-refractivity contribution in [1.82, 2.24) is 29.8 Å². The molecule has 1 atom stereocenters. The number of halogens is 2. The number of nitrogens with zero attached hydrogens (tertiary/aromatic N) is 5. The van der Waals surface area contributed by atoms with Crippen LogP contribution in [-0.2, 0) is 6.42 Å². The average Bonchev–Trinajstić information content (AvgIpc) is 3.20. The van der Waals surface area contributed by atoms with Gasteiger partial charge in [0.15, 0.2) is 11.5 Å². The highest BCUT2D eigenvalue weighted by atomic mass is 19.3. The molecule has 7 nitrogen and oxygen atoms in total. The first-order valence-electron chi connectivity index (χ1n) is 10.3. The number of hydrogen-bond acceptors (Lipinski definition) is 6. The van der Waals surface area contributed by atoms with E-state index in [1.54, 1.807) is 11.2 Å². The molecule has 4 aromatic rings. The van der Waals surface area contributed by atoms with Crippen LogP contribution in [0.5, 0.6) is 0 Å². The highest BCUT2D eigenvalue weighted by molar-refractivity contribution is 5.88. The largest absolute Gasteiger partial charge is 0.360 e. The molecule has 3 aromatic heterocycles. The average molecular weight is 423 g/mol. The fraction of sp³-hybridized carbons (Fsp3) is 0.364. The van der Waals surface area contributed by atoms with Crippen molar-refractivity contribution < 1.29 is 8.78 Å². The van der Waals surface area contributed by atoms with Crippen molar-refractivity contribution in [3.05, 3.63) is 53.9 Å². The van der Waals surface area contributed by atoms with Gasteiger partial charge in [-0.1, -0.05) is 18.2 Å². The van der Waals surface area contributed by atoms with Crippen LogP contribution in [0.25, 0.3) is 21.9 Å². The summed E-state index contributed by atoms with van der Waals surface area (Å²) in [5.74, 6) is -1.90. The van der Waals surface area contributed by atoms with E-state index in [4.69, 9.17) is 4.98 Å².